The molecule has 1 aromatic heterocycles. The van der Waals surface area contributed by atoms with Crippen LogP contribution in [0.3, 0.4) is 0 Å². The van der Waals surface area contributed by atoms with Crippen molar-refractivity contribution in [2.45, 2.75) is 13.8 Å². The first-order valence-electron chi connectivity index (χ1n) is 6.19. The molecule has 0 amide bonds. The summed E-state index contributed by atoms with van der Waals surface area (Å²) >= 11 is 1.62. The maximum Gasteiger partial charge on any atom is 0.210 e. The Morgan fingerprint density at radius 1 is 1.00 bits per heavy atom. The smallest absolute Gasteiger partial charge is 0.210 e. The minimum atomic E-state index is 0.807. The van der Waals surface area contributed by atoms with Gasteiger partial charge in [0.25, 0.3) is 0 Å². The summed E-state index contributed by atoms with van der Waals surface area (Å²) in [6, 6.07) is 14.6. The average molecular weight is 266 g/mol. The van der Waals surface area contributed by atoms with E-state index in [2.05, 4.69) is 60.2 Å². The van der Waals surface area contributed by atoms with Crippen LogP contribution in [0.2, 0.25) is 0 Å². The SMILES string of the molecule is Cc1ccc(/C=N/c2nc3ccc(C)cc3s2)cc1. The van der Waals surface area contributed by atoms with E-state index in [1.807, 2.05) is 12.3 Å². The third kappa shape index (κ3) is 2.71. The number of aryl methyl sites for hydroxylation is 2. The molecule has 94 valence electrons. The Hall–Kier alpha value is -2.00. The van der Waals surface area contributed by atoms with E-state index in [9.17, 15) is 0 Å². The number of nitrogens with zero attached hydrogens (tertiary/aromatic N) is 2. The van der Waals surface area contributed by atoms with E-state index in [0.29, 0.717) is 0 Å². The van der Waals surface area contributed by atoms with E-state index in [1.54, 1.807) is 11.3 Å². The molecular formula is C16H14N2S. The summed E-state index contributed by atoms with van der Waals surface area (Å²) in [6.45, 7) is 4.17. The monoisotopic (exact) mass is 266 g/mol. The highest BCUT2D eigenvalue weighted by Gasteiger charge is 2.01. The summed E-state index contributed by atoms with van der Waals surface area (Å²) in [7, 11) is 0. The van der Waals surface area contributed by atoms with Crippen LogP contribution in [0.4, 0.5) is 5.13 Å². The molecule has 0 radical (unpaired) electrons. The molecule has 3 rings (SSSR count). The molecule has 2 aromatic carbocycles. The second kappa shape index (κ2) is 4.94. The summed E-state index contributed by atoms with van der Waals surface area (Å²) in [6.07, 6.45) is 1.87. The van der Waals surface area contributed by atoms with Gasteiger partial charge in [-0.05, 0) is 37.1 Å². The van der Waals surface area contributed by atoms with Crippen LogP contribution in [0.5, 0.6) is 0 Å². The zero-order valence-corrected chi connectivity index (χ0v) is 11.7. The van der Waals surface area contributed by atoms with E-state index >= 15 is 0 Å². The number of thiazole rings is 1. The number of aromatic nitrogens is 1. The zero-order valence-electron chi connectivity index (χ0n) is 10.9. The summed E-state index contributed by atoms with van der Waals surface area (Å²) in [5, 5.41) is 0.807. The van der Waals surface area contributed by atoms with Crippen LogP contribution in [0, 0.1) is 13.8 Å². The topological polar surface area (TPSA) is 25.2 Å². The third-order valence-corrected chi connectivity index (χ3v) is 3.86. The van der Waals surface area contributed by atoms with E-state index in [4.69, 9.17) is 0 Å². The molecule has 0 aliphatic heterocycles. The number of hydrogen-bond donors (Lipinski definition) is 0. The van der Waals surface area contributed by atoms with Crippen LogP contribution in [-0.2, 0) is 0 Å². The first-order valence-corrected chi connectivity index (χ1v) is 7.00. The molecule has 0 fully saturated rings. The van der Waals surface area contributed by atoms with Crippen LogP contribution in [0.25, 0.3) is 10.2 Å². The van der Waals surface area contributed by atoms with Gasteiger partial charge in [0, 0.05) is 6.21 Å². The Bertz CT molecular complexity index is 739. The molecule has 0 N–H and O–H groups in total. The van der Waals surface area contributed by atoms with E-state index < -0.39 is 0 Å². The third-order valence-electron chi connectivity index (χ3n) is 2.93. The molecule has 2 nitrogen and oxygen atoms in total. The van der Waals surface area contributed by atoms with Crippen molar-refractivity contribution < 1.29 is 0 Å². The largest absolute Gasteiger partial charge is 0.227 e. The molecule has 3 heteroatoms. The fraction of sp³-hybridized carbons (Fsp3) is 0.125. The van der Waals surface area contributed by atoms with E-state index in [1.165, 1.54) is 15.8 Å². The van der Waals surface area contributed by atoms with Gasteiger partial charge in [0.1, 0.15) is 0 Å². The zero-order chi connectivity index (χ0) is 13.2. The van der Waals surface area contributed by atoms with Crippen molar-refractivity contribution in [1.82, 2.24) is 4.98 Å². The standard InChI is InChI=1S/C16H14N2S/c1-11-3-6-13(7-4-11)10-17-16-18-14-8-5-12(2)9-15(14)19-16/h3-10H,1-2H3/b17-10+. The van der Waals surface area contributed by atoms with Crippen molar-refractivity contribution >= 4 is 32.9 Å². The first-order chi connectivity index (χ1) is 9.20. The lowest BCUT2D eigenvalue weighted by Gasteiger charge is -1.92. The molecule has 0 bridgehead atoms. The van der Waals surface area contributed by atoms with E-state index in [-0.39, 0.29) is 0 Å². The first kappa shape index (κ1) is 12.1. The summed E-state index contributed by atoms with van der Waals surface area (Å²) < 4.78 is 1.19. The Morgan fingerprint density at radius 2 is 1.74 bits per heavy atom. The van der Waals surface area contributed by atoms with Crippen LogP contribution in [-0.4, -0.2) is 11.2 Å². The Labute approximate surface area is 116 Å². The molecule has 0 unspecified atom stereocenters. The second-order valence-corrected chi connectivity index (χ2v) is 5.65. The van der Waals surface area contributed by atoms with Gasteiger partial charge in [-0.25, -0.2) is 9.98 Å². The summed E-state index contributed by atoms with van der Waals surface area (Å²) in [5.41, 5.74) is 4.63. The maximum atomic E-state index is 4.51. The molecule has 0 saturated heterocycles. The van der Waals surface area contributed by atoms with Gasteiger partial charge < -0.3 is 0 Å². The lowest BCUT2D eigenvalue weighted by molar-refractivity contribution is 1.40. The van der Waals surface area contributed by atoms with Crippen molar-refractivity contribution in [2.24, 2.45) is 4.99 Å². The Morgan fingerprint density at radius 3 is 2.53 bits per heavy atom. The van der Waals surface area contributed by atoms with Crippen molar-refractivity contribution in [3.05, 3.63) is 59.2 Å². The second-order valence-electron chi connectivity index (χ2n) is 4.64. The van der Waals surface area contributed by atoms with Gasteiger partial charge >= 0.3 is 0 Å². The maximum absolute atomic E-state index is 4.51. The normalized spacial score (nSPS) is 11.5. The lowest BCUT2D eigenvalue weighted by Crippen LogP contribution is -1.79. The molecule has 1 heterocycles. The number of benzene rings is 2. The predicted octanol–water partition coefficient (Wildman–Crippen LogP) is 4.66. The molecule has 0 aliphatic carbocycles. The fourth-order valence-corrected chi connectivity index (χ4v) is 2.77. The average Bonchev–Trinajstić information content (AvgIpc) is 2.80. The highest BCUT2D eigenvalue weighted by Crippen LogP contribution is 2.28. The van der Waals surface area contributed by atoms with E-state index in [0.717, 1.165) is 16.2 Å². The molecule has 0 saturated carbocycles. The summed E-state index contributed by atoms with van der Waals surface area (Å²) in [4.78, 5) is 8.96. The van der Waals surface area contributed by atoms with Crippen molar-refractivity contribution in [3.8, 4) is 0 Å². The number of aliphatic imine (C=N–C) groups is 1. The van der Waals surface area contributed by atoms with Crippen LogP contribution in [0.15, 0.2) is 47.5 Å². The van der Waals surface area contributed by atoms with Gasteiger partial charge in [-0.15, -0.1) is 0 Å². The fourth-order valence-electron chi connectivity index (χ4n) is 1.86. The molecule has 3 aromatic rings. The van der Waals surface area contributed by atoms with Gasteiger partial charge in [-0.3, -0.25) is 0 Å². The molecule has 0 spiro atoms. The molecule has 19 heavy (non-hydrogen) atoms. The molecular weight excluding hydrogens is 252 g/mol. The van der Waals surface area contributed by atoms with Gasteiger partial charge in [-0.2, -0.15) is 0 Å². The number of hydrogen-bond acceptors (Lipinski definition) is 3. The Kier molecular flexibility index (Phi) is 3.13. The van der Waals surface area contributed by atoms with Gasteiger partial charge in [0.15, 0.2) is 0 Å². The van der Waals surface area contributed by atoms with Crippen LogP contribution >= 0.6 is 11.3 Å². The molecule has 0 atom stereocenters. The predicted molar refractivity (Wildman–Crippen MR) is 82.8 cm³/mol. The van der Waals surface area contributed by atoms with Gasteiger partial charge in [0.05, 0.1) is 10.2 Å². The van der Waals surface area contributed by atoms with Crippen molar-refractivity contribution in [3.63, 3.8) is 0 Å². The Balaban J connectivity index is 1.90. The lowest BCUT2D eigenvalue weighted by atomic mass is 10.2. The van der Waals surface area contributed by atoms with Gasteiger partial charge in [0.2, 0.25) is 5.13 Å². The van der Waals surface area contributed by atoms with Gasteiger partial charge in [-0.1, -0.05) is 47.2 Å². The molecule has 0 aliphatic rings. The van der Waals surface area contributed by atoms with Crippen molar-refractivity contribution in [2.75, 3.05) is 0 Å². The number of fused-ring (bicyclic) bond motifs is 1. The van der Waals surface area contributed by atoms with Crippen molar-refractivity contribution in [1.29, 1.82) is 0 Å². The highest BCUT2D eigenvalue weighted by atomic mass is 32.1. The highest BCUT2D eigenvalue weighted by molar-refractivity contribution is 7.22. The number of rotatable bonds is 2. The van der Waals surface area contributed by atoms with Crippen LogP contribution in [0.1, 0.15) is 16.7 Å². The minimum Gasteiger partial charge on any atom is -0.227 e. The van der Waals surface area contributed by atoms with Crippen LogP contribution < -0.4 is 0 Å². The summed E-state index contributed by atoms with van der Waals surface area (Å²) in [5.74, 6) is 0. The minimum absolute atomic E-state index is 0.807. The quantitative estimate of drug-likeness (QED) is 0.619.